The maximum atomic E-state index is 10.3. The second-order valence-electron chi connectivity index (χ2n) is 2.43. The lowest BCUT2D eigenvalue weighted by Gasteiger charge is -2.06. The molecule has 3 N–H and O–H groups in total. The number of aliphatic hydroxyl groups excluding tert-OH is 2. The quantitative estimate of drug-likeness (QED) is 0.290. The summed E-state index contributed by atoms with van der Waals surface area (Å²) in [5.41, 5.74) is 0. The van der Waals surface area contributed by atoms with E-state index in [1.54, 1.807) is 0 Å². The van der Waals surface area contributed by atoms with Crippen LogP contribution < -0.4 is 0 Å². The Bertz CT molecular complexity index is 298. The van der Waals surface area contributed by atoms with Crippen LogP contribution in [0.15, 0.2) is 0 Å². The molecule has 0 aliphatic heterocycles. The molecule has 0 aromatic carbocycles. The minimum Gasteiger partial charge on any atom is -0.390 e. The van der Waals surface area contributed by atoms with E-state index >= 15 is 0 Å². The number of hydrogen-bond donors (Lipinski definition) is 3. The van der Waals surface area contributed by atoms with Crippen molar-refractivity contribution in [2.75, 3.05) is 25.6 Å². The molecule has 0 spiro atoms. The molecule has 0 saturated heterocycles. The average Bonchev–Trinajstić information content (AvgIpc) is 2.00. The minimum absolute atomic E-state index is 0.0108. The molecular formula is C7H12O6S. The van der Waals surface area contributed by atoms with Gasteiger partial charge in [-0.2, -0.15) is 8.42 Å². The lowest BCUT2D eigenvalue weighted by Crippen LogP contribution is -2.25. The van der Waals surface area contributed by atoms with Gasteiger partial charge in [0.2, 0.25) is 0 Å². The fourth-order valence-corrected chi connectivity index (χ4v) is 1.23. The van der Waals surface area contributed by atoms with E-state index in [9.17, 15) is 8.42 Å². The smallest absolute Gasteiger partial charge is 0.267 e. The van der Waals surface area contributed by atoms with Crippen molar-refractivity contribution in [1.29, 1.82) is 0 Å². The van der Waals surface area contributed by atoms with Gasteiger partial charge < -0.3 is 14.9 Å². The van der Waals surface area contributed by atoms with Crippen molar-refractivity contribution in [3.05, 3.63) is 0 Å². The van der Waals surface area contributed by atoms with E-state index in [1.807, 2.05) is 0 Å². The van der Waals surface area contributed by atoms with Gasteiger partial charge in [-0.15, -0.1) is 0 Å². The first-order chi connectivity index (χ1) is 6.45. The topological polar surface area (TPSA) is 104 Å². The van der Waals surface area contributed by atoms with Crippen LogP contribution in [0.3, 0.4) is 0 Å². The van der Waals surface area contributed by atoms with Crippen molar-refractivity contribution in [3.63, 3.8) is 0 Å². The van der Waals surface area contributed by atoms with Gasteiger partial charge in [0.25, 0.3) is 10.1 Å². The summed E-state index contributed by atoms with van der Waals surface area (Å²) in [5.74, 6) is 3.95. The van der Waals surface area contributed by atoms with Crippen molar-refractivity contribution in [3.8, 4) is 11.8 Å². The number of aliphatic hydroxyl groups is 2. The van der Waals surface area contributed by atoms with Crippen molar-refractivity contribution in [1.82, 2.24) is 0 Å². The molecule has 0 heterocycles. The van der Waals surface area contributed by atoms with Gasteiger partial charge in [0, 0.05) is 0 Å². The third kappa shape index (κ3) is 9.44. The zero-order valence-corrected chi connectivity index (χ0v) is 8.20. The van der Waals surface area contributed by atoms with Crippen molar-refractivity contribution >= 4 is 10.1 Å². The monoisotopic (exact) mass is 224 g/mol. The molecular weight excluding hydrogens is 212 g/mol. The van der Waals surface area contributed by atoms with Gasteiger partial charge in [0.05, 0.1) is 12.7 Å². The van der Waals surface area contributed by atoms with Gasteiger partial charge in [-0.1, -0.05) is 11.8 Å². The van der Waals surface area contributed by atoms with Crippen LogP contribution in [0.4, 0.5) is 0 Å². The Labute approximate surface area is 82.3 Å². The first-order valence-corrected chi connectivity index (χ1v) is 5.34. The first kappa shape index (κ1) is 13.4. The molecule has 1 unspecified atom stereocenters. The van der Waals surface area contributed by atoms with Crippen LogP contribution in [0.25, 0.3) is 0 Å². The molecule has 0 radical (unpaired) electrons. The van der Waals surface area contributed by atoms with E-state index < -0.39 is 22.0 Å². The zero-order valence-electron chi connectivity index (χ0n) is 7.38. The van der Waals surface area contributed by atoms with Gasteiger partial charge in [-0.3, -0.25) is 4.55 Å². The summed E-state index contributed by atoms with van der Waals surface area (Å²) in [5, 5.41) is 17.2. The lowest BCUT2D eigenvalue weighted by atomic mass is 10.4. The van der Waals surface area contributed by atoms with E-state index in [0.717, 1.165) is 0 Å². The van der Waals surface area contributed by atoms with Crippen LogP contribution in [-0.4, -0.2) is 54.9 Å². The number of hydrogen-bond acceptors (Lipinski definition) is 5. The van der Waals surface area contributed by atoms with E-state index in [0.29, 0.717) is 0 Å². The van der Waals surface area contributed by atoms with Crippen molar-refractivity contribution < 1.29 is 27.9 Å². The second kappa shape index (κ2) is 6.75. The molecule has 7 heteroatoms. The van der Waals surface area contributed by atoms with Crippen molar-refractivity contribution in [2.24, 2.45) is 0 Å². The van der Waals surface area contributed by atoms with E-state index in [2.05, 4.69) is 11.8 Å². The lowest BCUT2D eigenvalue weighted by molar-refractivity contribution is 0.0629. The number of ether oxygens (including phenoxy) is 1. The Morgan fingerprint density at radius 1 is 1.36 bits per heavy atom. The summed E-state index contributed by atoms with van der Waals surface area (Å²) in [4.78, 5) is 0. The van der Waals surface area contributed by atoms with E-state index in [-0.39, 0.29) is 19.8 Å². The predicted octanol–water partition coefficient (Wildman–Crippen LogP) is -1.75. The zero-order chi connectivity index (χ0) is 11.0. The Balaban J connectivity index is 3.60. The van der Waals surface area contributed by atoms with Crippen LogP contribution in [0.1, 0.15) is 0 Å². The summed E-state index contributed by atoms with van der Waals surface area (Å²) in [6.45, 7) is -0.528. The third-order valence-corrected chi connectivity index (χ3v) is 1.90. The van der Waals surface area contributed by atoms with E-state index in [4.69, 9.17) is 19.5 Å². The molecule has 0 aliphatic carbocycles. The first-order valence-electron chi connectivity index (χ1n) is 3.73. The number of rotatable bonds is 5. The van der Waals surface area contributed by atoms with Gasteiger partial charge in [0.1, 0.15) is 19.0 Å². The summed E-state index contributed by atoms with van der Waals surface area (Å²) in [6.07, 6.45) is -1.28. The summed E-state index contributed by atoms with van der Waals surface area (Å²) < 4.78 is 33.6. The van der Waals surface area contributed by atoms with Gasteiger partial charge in [0.15, 0.2) is 0 Å². The summed E-state index contributed by atoms with van der Waals surface area (Å²) in [7, 11) is -4.18. The fourth-order valence-electron chi connectivity index (χ4n) is 0.644. The van der Waals surface area contributed by atoms with Gasteiger partial charge >= 0.3 is 0 Å². The minimum atomic E-state index is -4.18. The molecule has 0 aliphatic rings. The maximum Gasteiger partial charge on any atom is 0.267 e. The van der Waals surface area contributed by atoms with Crippen LogP contribution in [-0.2, 0) is 14.9 Å². The van der Waals surface area contributed by atoms with Crippen LogP contribution >= 0.6 is 0 Å². The Morgan fingerprint density at radius 2 is 2.00 bits per heavy atom. The third-order valence-electron chi connectivity index (χ3n) is 1.09. The SMILES string of the molecule is O=S(=O)(O)CC(O)COCC#CCO. The molecule has 0 fully saturated rings. The van der Waals surface area contributed by atoms with Gasteiger partial charge in [-0.25, -0.2) is 0 Å². The Hall–Kier alpha value is -0.650. The molecule has 1 atom stereocenters. The van der Waals surface area contributed by atoms with Crippen molar-refractivity contribution in [2.45, 2.75) is 6.10 Å². The highest BCUT2D eigenvalue weighted by atomic mass is 32.2. The average molecular weight is 224 g/mol. The predicted molar refractivity (Wildman–Crippen MR) is 48.1 cm³/mol. The molecule has 82 valence electrons. The standard InChI is InChI=1S/C7H12O6S/c8-3-1-2-4-13-5-7(9)6-14(10,11)12/h7-9H,3-6H2,(H,10,11,12). The highest BCUT2D eigenvalue weighted by Gasteiger charge is 2.13. The maximum absolute atomic E-state index is 10.3. The Morgan fingerprint density at radius 3 is 2.50 bits per heavy atom. The van der Waals surface area contributed by atoms with Gasteiger partial charge in [-0.05, 0) is 0 Å². The van der Waals surface area contributed by atoms with Crippen LogP contribution in [0, 0.1) is 11.8 Å². The normalized spacial score (nSPS) is 13.1. The summed E-state index contributed by atoms with van der Waals surface area (Å²) in [6, 6.07) is 0. The van der Waals surface area contributed by atoms with E-state index in [1.165, 1.54) is 0 Å². The molecule has 0 aromatic heterocycles. The largest absolute Gasteiger partial charge is 0.390 e. The molecule has 0 bridgehead atoms. The molecule has 0 rings (SSSR count). The highest BCUT2D eigenvalue weighted by Crippen LogP contribution is 1.91. The molecule has 0 saturated carbocycles. The molecule has 6 nitrogen and oxygen atoms in total. The molecule has 0 amide bonds. The summed E-state index contributed by atoms with van der Waals surface area (Å²) >= 11 is 0. The van der Waals surface area contributed by atoms with Crippen LogP contribution in [0.2, 0.25) is 0 Å². The molecule has 14 heavy (non-hydrogen) atoms. The Kier molecular flexibility index (Phi) is 6.44. The second-order valence-corrected chi connectivity index (χ2v) is 3.93. The highest BCUT2D eigenvalue weighted by molar-refractivity contribution is 7.85. The molecule has 0 aromatic rings. The van der Waals surface area contributed by atoms with Crippen LogP contribution in [0.5, 0.6) is 0 Å². The fraction of sp³-hybridized carbons (Fsp3) is 0.714.